The minimum absolute atomic E-state index is 0.246. The first-order valence-corrected chi connectivity index (χ1v) is 5.66. The maximum Gasteiger partial charge on any atom is 0.329 e. The molecule has 0 fully saturated rings. The van der Waals surface area contributed by atoms with E-state index in [1.165, 1.54) is 4.57 Å². The Morgan fingerprint density at radius 3 is 2.88 bits per heavy atom. The minimum Gasteiger partial charge on any atom is -0.278 e. The molecule has 1 N–H and O–H groups in total. The Hall–Kier alpha value is -1.43. The third-order valence-electron chi connectivity index (χ3n) is 2.58. The molecule has 1 aromatic rings. The summed E-state index contributed by atoms with van der Waals surface area (Å²) in [5, 5.41) is 0.287. The first-order valence-electron chi connectivity index (χ1n) is 5.28. The normalized spacial score (nSPS) is 13.6. The number of H-pyrrole nitrogens is 1. The fourth-order valence-corrected chi connectivity index (χ4v) is 1.97. The molecular formula is C10H11ClFN3O2. The summed E-state index contributed by atoms with van der Waals surface area (Å²) in [6, 6.07) is 0. The average molecular weight is 260 g/mol. The highest BCUT2D eigenvalue weighted by Crippen LogP contribution is 2.23. The molecule has 1 aliphatic heterocycles. The number of rotatable bonds is 4. The van der Waals surface area contributed by atoms with Crippen LogP contribution in [0.25, 0.3) is 0 Å². The van der Waals surface area contributed by atoms with Crippen LogP contribution in [0, 0.1) is 0 Å². The van der Waals surface area contributed by atoms with Crippen molar-refractivity contribution < 1.29 is 4.39 Å². The van der Waals surface area contributed by atoms with Crippen molar-refractivity contribution in [2.75, 3.05) is 6.67 Å². The number of nitrogens with one attached hydrogen (secondary N) is 1. The van der Waals surface area contributed by atoms with Crippen molar-refractivity contribution in [1.29, 1.82) is 0 Å². The summed E-state index contributed by atoms with van der Waals surface area (Å²) in [6.45, 7) is -0.0974. The minimum atomic E-state index is -0.525. The van der Waals surface area contributed by atoms with Crippen molar-refractivity contribution in [2.24, 2.45) is 4.99 Å². The van der Waals surface area contributed by atoms with E-state index in [0.29, 0.717) is 30.8 Å². The number of nitrogens with zero attached hydrogens (tertiary/aromatic N) is 2. The number of aromatic amines is 1. The molecular weight excluding hydrogens is 249 g/mol. The van der Waals surface area contributed by atoms with Crippen LogP contribution in [0.1, 0.15) is 18.4 Å². The smallest absolute Gasteiger partial charge is 0.278 e. The van der Waals surface area contributed by atoms with Crippen LogP contribution >= 0.6 is 11.6 Å². The lowest BCUT2D eigenvalue weighted by atomic mass is 10.2. The predicted molar refractivity (Wildman–Crippen MR) is 63.2 cm³/mol. The van der Waals surface area contributed by atoms with E-state index in [0.717, 1.165) is 0 Å². The second-order valence-corrected chi connectivity index (χ2v) is 4.21. The Balaban J connectivity index is 2.42. The molecule has 0 aromatic carbocycles. The highest BCUT2D eigenvalue weighted by Gasteiger charge is 2.21. The van der Waals surface area contributed by atoms with E-state index >= 15 is 0 Å². The Morgan fingerprint density at radius 1 is 1.41 bits per heavy atom. The lowest BCUT2D eigenvalue weighted by Crippen LogP contribution is -2.31. The van der Waals surface area contributed by atoms with Gasteiger partial charge in [0, 0.05) is 13.0 Å². The van der Waals surface area contributed by atoms with Gasteiger partial charge in [-0.15, -0.1) is 0 Å². The largest absolute Gasteiger partial charge is 0.329 e. The van der Waals surface area contributed by atoms with Crippen LogP contribution in [0.15, 0.2) is 14.6 Å². The number of alkyl halides is 1. The van der Waals surface area contributed by atoms with Crippen molar-refractivity contribution in [3.05, 3.63) is 26.4 Å². The standard InChI is InChI=1S/C10H11ClFN3O2/c11-7-5-6-8(13-7)15(4-2-1-3-12)10(17)14-9(6)16/h1-5H2,(H,14,16,17). The van der Waals surface area contributed by atoms with Crippen LogP contribution in [0.5, 0.6) is 0 Å². The molecule has 2 heterocycles. The SMILES string of the molecule is O=c1[nH]c(=O)n(CCCCF)c2c1CC(Cl)=N2. The molecule has 5 nitrogen and oxygen atoms in total. The Morgan fingerprint density at radius 2 is 2.18 bits per heavy atom. The maximum atomic E-state index is 12.0. The van der Waals surface area contributed by atoms with Gasteiger partial charge in [0.2, 0.25) is 0 Å². The lowest BCUT2D eigenvalue weighted by molar-refractivity contribution is 0.444. The molecule has 17 heavy (non-hydrogen) atoms. The van der Waals surface area contributed by atoms with Gasteiger partial charge in [-0.1, -0.05) is 11.6 Å². The molecule has 0 radical (unpaired) electrons. The predicted octanol–water partition coefficient (Wildman–Crippen LogP) is 1.11. The monoisotopic (exact) mass is 259 g/mol. The second-order valence-electron chi connectivity index (χ2n) is 3.77. The van der Waals surface area contributed by atoms with E-state index < -0.39 is 17.9 Å². The molecule has 1 aliphatic rings. The van der Waals surface area contributed by atoms with Gasteiger partial charge in [-0.25, -0.2) is 9.79 Å². The van der Waals surface area contributed by atoms with Crippen LogP contribution in [-0.4, -0.2) is 21.4 Å². The first-order chi connectivity index (χ1) is 8.13. The molecule has 0 spiro atoms. The average Bonchev–Trinajstić information content (AvgIpc) is 2.65. The maximum absolute atomic E-state index is 12.0. The van der Waals surface area contributed by atoms with Gasteiger partial charge in [0.05, 0.1) is 12.2 Å². The number of fused-ring (bicyclic) bond motifs is 1. The molecule has 0 amide bonds. The lowest BCUT2D eigenvalue weighted by Gasteiger charge is -2.07. The van der Waals surface area contributed by atoms with Crippen LogP contribution in [0.3, 0.4) is 0 Å². The van der Waals surface area contributed by atoms with E-state index in [2.05, 4.69) is 9.98 Å². The van der Waals surface area contributed by atoms with Gasteiger partial charge in [0.1, 0.15) is 11.0 Å². The van der Waals surface area contributed by atoms with Crippen molar-refractivity contribution >= 4 is 22.6 Å². The third kappa shape index (κ3) is 2.31. The van der Waals surface area contributed by atoms with Gasteiger partial charge in [0.15, 0.2) is 0 Å². The number of halogens is 2. The van der Waals surface area contributed by atoms with Crippen LogP contribution in [0.4, 0.5) is 10.2 Å². The van der Waals surface area contributed by atoms with Gasteiger partial charge in [0.25, 0.3) is 5.56 Å². The molecule has 2 rings (SSSR count). The molecule has 0 aliphatic carbocycles. The Bertz CT molecular complexity index is 576. The summed E-state index contributed by atoms with van der Waals surface area (Å²) in [5.41, 5.74) is -0.580. The van der Waals surface area contributed by atoms with Crippen LogP contribution < -0.4 is 11.2 Å². The van der Waals surface area contributed by atoms with Crippen molar-refractivity contribution in [1.82, 2.24) is 9.55 Å². The Kier molecular flexibility index (Phi) is 3.42. The molecule has 0 saturated carbocycles. The molecule has 0 bridgehead atoms. The van der Waals surface area contributed by atoms with Gasteiger partial charge in [-0.2, -0.15) is 0 Å². The van der Waals surface area contributed by atoms with Crippen molar-refractivity contribution in [3.8, 4) is 0 Å². The van der Waals surface area contributed by atoms with Gasteiger partial charge < -0.3 is 0 Å². The zero-order chi connectivity index (χ0) is 12.4. The second kappa shape index (κ2) is 4.83. The van der Waals surface area contributed by atoms with Gasteiger partial charge in [-0.3, -0.25) is 18.7 Å². The first kappa shape index (κ1) is 12.0. The third-order valence-corrected chi connectivity index (χ3v) is 2.80. The summed E-state index contributed by atoms with van der Waals surface area (Å²) >= 11 is 5.76. The highest BCUT2D eigenvalue weighted by molar-refractivity contribution is 6.66. The summed E-state index contributed by atoms with van der Waals surface area (Å²) in [4.78, 5) is 29.3. The highest BCUT2D eigenvalue weighted by atomic mass is 35.5. The van der Waals surface area contributed by atoms with Crippen LogP contribution in [0.2, 0.25) is 0 Å². The van der Waals surface area contributed by atoms with E-state index in [4.69, 9.17) is 11.6 Å². The number of aliphatic imine (C=N–C) groups is 1. The van der Waals surface area contributed by atoms with E-state index in [9.17, 15) is 14.0 Å². The summed E-state index contributed by atoms with van der Waals surface area (Å²) in [5.74, 6) is 0.308. The number of hydrogen-bond acceptors (Lipinski definition) is 3. The van der Waals surface area contributed by atoms with E-state index in [1.807, 2.05) is 0 Å². The fourth-order valence-electron chi connectivity index (χ4n) is 1.76. The van der Waals surface area contributed by atoms with Gasteiger partial charge >= 0.3 is 5.69 Å². The van der Waals surface area contributed by atoms with Crippen LogP contribution in [-0.2, 0) is 13.0 Å². The van der Waals surface area contributed by atoms with E-state index in [1.54, 1.807) is 0 Å². The summed E-state index contributed by atoms with van der Waals surface area (Å²) in [6.07, 6.45) is 1.13. The molecule has 0 atom stereocenters. The summed E-state index contributed by atoms with van der Waals surface area (Å²) < 4.78 is 13.3. The zero-order valence-electron chi connectivity index (χ0n) is 9.00. The van der Waals surface area contributed by atoms with Crippen molar-refractivity contribution in [2.45, 2.75) is 25.8 Å². The summed E-state index contributed by atoms with van der Waals surface area (Å²) in [7, 11) is 0. The van der Waals surface area contributed by atoms with Gasteiger partial charge in [-0.05, 0) is 12.8 Å². The molecule has 7 heteroatoms. The van der Waals surface area contributed by atoms with Crippen molar-refractivity contribution in [3.63, 3.8) is 0 Å². The number of aromatic nitrogens is 2. The number of unbranched alkanes of at least 4 members (excludes halogenated alkanes) is 1. The topological polar surface area (TPSA) is 67.2 Å². The molecule has 92 valence electrons. The molecule has 0 unspecified atom stereocenters. The molecule has 0 saturated heterocycles. The zero-order valence-corrected chi connectivity index (χ0v) is 9.76. The fraction of sp³-hybridized carbons (Fsp3) is 0.500. The Labute approximate surface area is 101 Å². The number of hydrogen-bond donors (Lipinski definition) is 1. The van der Waals surface area contributed by atoms with E-state index in [-0.39, 0.29) is 11.6 Å². The molecule has 1 aromatic heterocycles. The quantitative estimate of drug-likeness (QED) is 0.823.